The van der Waals surface area contributed by atoms with Gasteiger partial charge in [0.1, 0.15) is 0 Å². The average Bonchev–Trinajstić information content (AvgIpc) is 2.89. The number of nitrogens with one attached hydrogen (secondary N) is 1. The maximum absolute atomic E-state index is 12.5. The van der Waals surface area contributed by atoms with E-state index in [2.05, 4.69) is 10.3 Å². The molecule has 0 aromatic heterocycles. The molecule has 102 valence electrons. The molecule has 0 saturated carbocycles. The summed E-state index contributed by atoms with van der Waals surface area (Å²) in [6.45, 7) is 8.18. The molecule has 2 rings (SSSR count). The monoisotopic (exact) mass is 259 g/mol. The number of nitrogens with zero attached hydrogens (tertiary/aromatic N) is 2. The van der Waals surface area contributed by atoms with Crippen LogP contribution in [0.2, 0.25) is 0 Å². The summed E-state index contributed by atoms with van der Waals surface area (Å²) in [6.07, 6.45) is 0. The molecule has 1 aromatic rings. The van der Waals surface area contributed by atoms with Crippen molar-refractivity contribution in [2.24, 2.45) is 4.99 Å². The van der Waals surface area contributed by atoms with E-state index in [1.54, 1.807) is 0 Å². The van der Waals surface area contributed by atoms with Gasteiger partial charge in [0.2, 0.25) is 0 Å². The van der Waals surface area contributed by atoms with E-state index in [-0.39, 0.29) is 11.4 Å². The van der Waals surface area contributed by atoms with Gasteiger partial charge >= 0.3 is 0 Å². The Hall–Kier alpha value is -1.84. The quantitative estimate of drug-likeness (QED) is 0.900. The maximum atomic E-state index is 12.5. The largest absolute Gasteiger partial charge is 0.364 e. The highest BCUT2D eigenvalue weighted by atomic mass is 16.2. The number of amidine groups is 1. The third-order valence-electron chi connectivity index (χ3n) is 3.12. The van der Waals surface area contributed by atoms with Gasteiger partial charge in [-0.2, -0.15) is 0 Å². The molecule has 0 radical (unpaired) electrons. The molecule has 0 aliphatic carbocycles. The molecule has 19 heavy (non-hydrogen) atoms. The first-order valence-corrected chi connectivity index (χ1v) is 6.63. The molecule has 0 saturated heterocycles. The van der Waals surface area contributed by atoms with Gasteiger partial charge in [0, 0.05) is 18.6 Å². The summed E-state index contributed by atoms with van der Waals surface area (Å²) in [7, 11) is 0. The van der Waals surface area contributed by atoms with Gasteiger partial charge in [0.15, 0.2) is 5.84 Å². The predicted molar refractivity (Wildman–Crippen MR) is 77.0 cm³/mol. The van der Waals surface area contributed by atoms with Crippen LogP contribution < -0.4 is 5.32 Å². The zero-order valence-electron chi connectivity index (χ0n) is 11.8. The smallest absolute Gasteiger partial charge is 0.289 e. The van der Waals surface area contributed by atoms with Crippen molar-refractivity contribution in [3.05, 3.63) is 35.9 Å². The third kappa shape index (κ3) is 3.34. The molecule has 1 aliphatic rings. The Morgan fingerprint density at radius 3 is 2.53 bits per heavy atom. The van der Waals surface area contributed by atoms with Crippen LogP contribution in [0.15, 0.2) is 35.3 Å². The molecule has 0 spiro atoms. The number of rotatable bonds is 3. The second-order valence-electron chi connectivity index (χ2n) is 5.70. The molecule has 0 atom stereocenters. The highest BCUT2D eigenvalue weighted by Crippen LogP contribution is 2.18. The van der Waals surface area contributed by atoms with Gasteiger partial charge in [-0.1, -0.05) is 30.3 Å². The van der Waals surface area contributed by atoms with Crippen molar-refractivity contribution >= 4 is 11.7 Å². The predicted octanol–water partition coefficient (Wildman–Crippen LogP) is 1.82. The number of hydrogen-bond donors (Lipinski definition) is 1. The van der Waals surface area contributed by atoms with Gasteiger partial charge in [0.25, 0.3) is 5.91 Å². The van der Waals surface area contributed by atoms with Crippen LogP contribution in [0.1, 0.15) is 26.3 Å². The summed E-state index contributed by atoms with van der Waals surface area (Å²) < 4.78 is 0. The molecule has 1 amide bonds. The summed E-state index contributed by atoms with van der Waals surface area (Å²) >= 11 is 0. The van der Waals surface area contributed by atoms with Crippen LogP contribution in [0.4, 0.5) is 0 Å². The summed E-state index contributed by atoms with van der Waals surface area (Å²) in [5.74, 6) is 0.472. The standard InChI is InChI=1S/C15H21N3O/c1-15(2,3)18(11-12-7-5-4-6-8-12)14(19)13-16-9-10-17-13/h4-8H,9-11H2,1-3H3,(H,16,17). The van der Waals surface area contributed by atoms with E-state index in [0.717, 1.165) is 12.1 Å². The van der Waals surface area contributed by atoms with Crippen molar-refractivity contribution < 1.29 is 4.79 Å². The van der Waals surface area contributed by atoms with E-state index in [1.165, 1.54) is 0 Å². The van der Waals surface area contributed by atoms with Crippen LogP contribution in [0.5, 0.6) is 0 Å². The first-order valence-electron chi connectivity index (χ1n) is 6.63. The minimum Gasteiger partial charge on any atom is -0.364 e. The summed E-state index contributed by atoms with van der Waals surface area (Å²) in [4.78, 5) is 18.6. The molecule has 0 fully saturated rings. The normalized spacial score (nSPS) is 14.8. The topological polar surface area (TPSA) is 44.7 Å². The number of carbonyl (C=O) groups excluding carboxylic acids is 1. The minimum absolute atomic E-state index is 0.0196. The fourth-order valence-corrected chi connectivity index (χ4v) is 2.05. The molecule has 1 N–H and O–H groups in total. The van der Waals surface area contributed by atoms with Crippen LogP contribution in [0.25, 0.3) is 0 Å². The highest BCUT2D eigenvalue weighted by Gasteiger charge is 2.30. The third-order valence-corrected chi connectivity index (χ3v) is 3.12. The van der Waals surface area contributed by atoms with Crippen LogP contribution in [-0.2, 0) is 11.3 Å². The molecule has 1 aromatic carbocycles. The first kappa shape index (κ1) is 13.6. The lowest BCUT2D eigenvalue weighted by Crippen LogP contribution is -2.50. The van der Waals surface area contributed by atoms with Gasteiger partial charge < -0.3 is 10.2 Å². The van der Waals surface area contributed by atoms with Gasteiger partial charge in [0.05, 0.1) is 6.54 Å². The Kier molecular flexibility index (Phi) is 3.88. The van der Waals surface area contributed by atoms with Crippen molar-refractivity contribution in [3.8, 4) is 0 Å². The van der Waals surface area contributed by atoms with Crippen LogP contribution >= 0.6 is 0 Å². The zero-order chi connectivity index (χ0) is 13.9. The summed E-state index contributed by atoms with van der Waals surface area (Å²) in [5, 5.41) is 3.05. The number of benzene rings is 1. The van der Waals surface area contributed by atoms with Crippen molar-refractivity contribution in [3.63, 3.8) is 0 Å². The van der Waals surface area contributed by atoms with Crippen molar-refractivity contribution in [2.75, 3.05) is 13.1 Å². The average molecular weight is 259 g/mol. The van der Waals surface area contributed by atoms with E-state index in [4.69, 9.17) is 0 Å². The lowest BCUT2D eigenvalue weighted by Gasteiger charge is -2.35. The number of hydrogen-bond acceptors (Lipinski definition) is 3. The Labute approximate surface area is 114 Å². The Morgan fingerprint density at radius 2 is 2.00 bits per heavy atom. The fourth-order valence-electron chi connectivity index (χ4n) is 2.05. The van der Waals surface area contributed by atoms with E-state index >= 15 is 0 Å². The number of aliphatic imine (C=N–C) groups is 1. The van der Waals surface area contributed by atoms with Crippen molar-refractivity contribution in [1.29, 1.82) is 0 Å². The second kappa shape index (κ2) is 5.43. The van der Waals surface area contributed by atoms with Crippen LogP contribution in [-0.4, -0.2) is 35.3 Å². The highest BCUT2D eigenvalue weighted by molar-refractivity contribution is 6.38. The van der Waals surface area contributed by atoms with E-state index in [1.807, 2.05) is 56.0 Å². The molecule has 1 heterocycles. The second-order valence-corrected chi connectivity index (χ2v) is 5.70. The van der Waals surface area contributed by atoms with Gasteiger partial charge in [-0.3, -0.25) is 9.79 Å². The van der Waals surface area contributed by atoms with Crippen LogP contribution in [0, 0.1) is 0 Å². The lowest BCUT2D eigenvalue weighted by molar-refractivity contribution is -0.129. The Balaban J connectivity index is 2.19. The Morgan fingerprint density at radius 1 is 1.32 bits per heavy atom. The van der Waals surface area contributed by atoms with E-state index in [0.29, 0.717) is 18.9 Å². The van der Waals surface area contributed by atoms with E-state index in [9.17, 15) is 4.79 Å². The van der Waals surface area contributed by atoms with Crippen LogP contribution in [0.3, 0.4) is 0 Å². The van der Waals surface area contributed by atoms with Crippen molar-refractivity contribution in [2.45, 2.75) is 32.9 Å². The van der Waals surface area contributed by atoms with Gasteiger partial charge in [-0.25, -0.2) is 0 Å². The molecule has 4 heteroatoms. The first-order chi connectivity index (χ1) is 8.98. The van der Waals surface area contributed by atoms with Gasteiger partial charge in [-0.05, 0) is 26.3 Å². The van der Waals surface area contributed by atoms with Crippen molar-refractivity contribution in [1.82, 2.24) is 10.2 Å². The Bertz CT molecular complexity index is 474. The molecular formula is C15H21N3O. The molecule has 0 bridgehead atoms. The zero-order valence-corrected chi connectivity index (χ0v) is 11.8. The summed E-state index contributed by atoms with van der Waals surface area (Å²) in [5.41, 5.74) is 0.893. The number of amides is 1. The SMILES string of the molecule is CC(C)(C)N(Cc1ccccc1)C(=O)C1=NCCN1. The van der Waals surface area contributed by atoms with E-state index < -0.39 is 0 Å². The lowest BCUT2D eigenvalue weighted by atomic mass is 10.0. The minimum atomic E-state index is -0.236. The molecule has 0 unspecified atom stereocenters. The fraction of sp³-hybridized carbons (Fsp3) is 0.467. The molecular weight excluding hydrogens is 238 g/mol. The maximum Gasteiger partial charge on any atom is 0.289 e. The summed E-state index contributed by atoms with van der Waals surface area (Å²) in [6, 6.07) is 10.0. The molecule has 1 aliphatic heterocycles. The van der Waals surface area contributed by atoms with Gasteiger partial charge in [-0.15, -0.1) is 0 Å². The molecule has 4 nitrogen and oxygen atoms in total. The number of carbonyl (C=O) groups is 1.